The molecule has 0 radical (unpaired) electrons. The number of cyclic esters (lactones) is 1. The smallest absolute Gasteiger partial charge is 0.348 e. The molecule has 0 aliphatic carbocycles. The summed E-state index contributed by atoms with van der Waals surface area (Å²) in [5, 5.41) is 0.0761. The Morgan fingerprint density at radius 2 is 2.00 bits per heavy atom. The van der Waals surface area contributed by atoms with Crippen molar-refractivity contribution < 1.29 is 14.0 Å². The second kappa shape index (κ2) is 6.58. The summed E-state index contributed by atoms with van der Waals surface area (Å²) in [6.07, 6.45) is 5.47. The number of esters is 1. The van der Waals surface area contributed by atoms with E-state index in [-0.39, 0.29) is 11.0 Å². The molecule has 0 aromatic carbocycles. The summed E-state index contributed by atoms with van der Waals surface area (Å²) in [4.78, 5) is 11.7. The van der Waals surface area contributed by atoms with Crippen molar-refractivity contribution in [1.29, 1.82) is 0 Å². The zero-order valence-electron chi connectivity index (χ0n) is 13.2. The number of unbranched alkanes of at least 4 members (excludes halogenated alkanes) is 1. The molecule has 0 saturated heterocycles. The van der Waals surface area contributed by atoms with Crippen LogP contribution in [0.3, 0.4) is 0 Å². The van der Waals surface area contributed by atoms with E-state index in [9.17, 15) is 4.79 Å². The molecule has 114 valence electrons. The van der Waals surface area contributed by atoms with Crippen molar-refractivity contribution in [2.45, 2.75) is 65.0 Å². The van der Waals surface area contributed by atoms with Crippen LogP contribution >= 0.6 is 15.9 Å². The fourth-order valence-electron chi connectivity index (χ4n) is 1.49. The first-order chi connectivity index (χ1) is 9.10. The third kappa shape index (κ3) is 4.05. The molecule has 0 fully saturated rings. The minimum atomic E-state index is -1.98. The van der Waals surface area contributed by atoms with Crippen LogP contribution in [0.25, 0.3) is 0 Å². The van der Waals surface area contributed by atoms with Gasteiger partial charge in [-0.3, -0.25) is 0 Å². The molecule has 0 saturated carbocycles. The number of hydrogen-bond acceptors (Lipinski definition) is 3. The van der Waals surface area contributed by atoms with Crippen molar-refractivity contribution in [3.05, 3.63) is 22.2 Å². The standard InChI is InChI=1S/C15H25BrO3Si/c1-7-8-9-10-11-12(16)13(17)18-14(11)19-20(5,6)15(2,3)4/h9-10,14H,7-8H2,1-6H3/b10-9+. The third-order valence-corrected chi connectivity index (χ3v) is 9.06. The summed E-state index contributed by atoms with van der Waals surface area (Å²) >= 11 is 3.31. The van der Waals surface area contributed by atoms with E-state index in [2.05, 4.69) is 62.8 Å². The van der Waals surface area contributed by atoms with Gasteiger partial charge in [0.15, 0.2) is 8.32 Å². The SMILES string of the molecule is CCC/C=C/C1=C(Br)C(=O)OC1O[Si](C)(C)C(C)(C)C. The molecule has 1 rings (SSSR count). The van der Waals surface area contributed by atoms with E-state index in [1.54, 1.807) is 0 Å². The Labute approximate surface area is 131 Å². The Balaban J connectivity index is 2.93. The lowest BCUT2D eigenvalue weighted by Gasteiger charge is -2.37. The molecule has 1 heterocycles. The highest BCUT2D eigenvalue weighted by atomic mass is 79.9. The molecule has 0 bridgehead atoms. The molecule has 0 spiro atoms. The van der Waals surface area contributed by atoms with Crippen molar-refractivity contribution in [3.8, 4) is 0 Å². The molecule has 1 aliphatic heterocycles. The first kappa shape index (κ1) is 17.7. The number of allylic oxidation sites excluding steroid dienone is 1. The fraction of sp³-hybridized carbons (Fsp3) is 0.667. The van der Waals surface area contributed by atoms with Gasteiger partial charge in [-0.25, -0.2) is 4.79 Å². The van der Waals surface area contributed by atoms with Crippen LogP contribution in [0.5, 0.6) is 0 Å². The van der Waals surface area contributed by atoms with Gasteiger partial charge in [0.1, 0.15) is 4.48 Å². The average molecular weight is 361 g/mol. The third-order valence-electron chi connectivity index (χ3n) is 3.86. The number of carbonyl (C=O) groups excluding carboxylic acids is 1. The van der Waals surface area contributed by atoms with E-state index in [1.807, 2.05) is 6.08 Å². The van der Waals surface area contributed by atoms with Gasteiger partial charge in [-0.15, -0.1) is 0 Å². The van der Waals surface area contributed by atoms with E-state index in [4.69, 9.17) is 9.16 Å². The lowest BCUT2D eigenvalue weighted by molar-refractivity contribution is -0.149. The molecule has 0 N–H and O–H groups in total. The number of hydrogen-bond donors (Lipinski definition) is 0. The molecule has 0 aromatic rings. The average Bonchev–Trinajstić information content (AvgIpc) is 2.55. The molecule has 5 heteroatoms. The van der Waals surface area contributed by atoms with E-state index < -0.39 is 14.6 Å². The number of carbonyl (C=O) groups is 1. The van der Waals surface area contributed by atoms with Crippen molar-refractivity contribution in [1.82, 2.24) is 0 Å². The number of ether oxygens (including phenoxy) is 1. The Kier molecular flexibility index (Phi) is 5.81. The Morgan fingerprint density at radius 3 is 2.50 bits per heavy atom. The monoisotopic (exact) mass is 360 g/mol. The predicted molar refractivity (Wildman–Crippen MR) is 88.2 cm³/mol. The first-order valence-corrected chi connectivity index (χ1v) is 10.8. The second-order valence-electron chi connectivity index (χ2n) is 6.58. The van der Waals surface area contributed by atoms with Crippen molar-refractivity contribution in [2.24, 2.45) is 0 Å². The fourth-order valence-corrected chi connectivity index (χ4v) is 2.97. The second-order valence-corrected chi connectivity index (χ2v) is 12.1. The summed E-state index contributed by atoms with van der Waals surface area (Å²) in [5.41, 5.74) is 0.799. The minimum Gasteiger partial charge on any atom is -0.428 e. The summed E-state index contributed by atoms with van der Waals surface area (Å²) in [6.45, 7) is 12.9. The highest BCUT2D eigenvalue weighted by molar-refractivity contribution is 9.12. The van der Waals surface area contributed by atoms with Gasteiger partial charge in [-0.1, -0.05) is 46.3 Å². The van der Waals surface area contributed by atoms with Gasteiger partial charge in [0, 0.05) is 5.57 Å². The lowest BCUT2D eigenvalue weighted by Crippen LogP contribution is -2.44. The van der Waals surface area contributed by atoms with E-state index in [0.717, 1.165) is 18.4 Å². The van der Waals surface area contributed by atoms with E-state index in [0.29, 0.717) is 4.48 Å². The Bertz CT molecular complexity index is 433. The molecule has 3 nitrogen and oxygen atoms in total. The Hall–Kier alpha value is -0.393. The zero-order chi connectivity index (χ0) is 15.6. The summed E-state index contributed by atoms with van der Waals surface area (Å²) in [5.74, 6) is -0.343. The topological polar surface area (TPSA) is 35.5 Å². The van der Waals surface area contributed by atoms with Crippen molar-refractivity contribution >= 4 is 30.2 Å². The maximum atomic E-state index is 11.7. The Morgan fingerprint density at radius 1 is 1.40 bits per heavy atom. The lowest BCUT2D eigenvalue weighted by atomic mass is 10.2. The van der Waals surface area contributed by atoms with Gasteiger partial charge >= 0.3 is 5.97 Å². The van der Waals surface area contributed by atoms with Gasteiger partial charge < -0.3 is 9.16 Å². The predicted octanol–water partition coefficient (Wildman–Crippen LogP) is 4.90. The summed E-state index contributed by atoms with van der Waals surface area (Å²) < 4.78 is 12.0. The van der Waals surface area contributed by atoms with Crippen LogP contribution < -0.4 is 0 Å². The van der Waals surface area contributed by atoms with Gasteiger partial charge in [-0.05, 0) is 40.5 Å². The molecule has 1 atom stereocenters. The summed E-state index contributed by atoms with van der Waals surface area (Å²) in [7, 11) is -1.98. The molecule has 1 aliphatic rings. The molecular weight excluding hydrogens is 336 g/mol. The molecule has 20 heavy (non-hydrogen) atoms. The quantitative estimate of drug-likeness (QED) is 0.516. The number of halogens is 1. The highest BCUT2D eigenvalue weighted by Crippen LogP contribution is 2.40. The van der Waals surface area contributed by atoms with Crippen LogP contribution in [-0.2, 0) is 14.0 Å². The molecular formula is C15H25BrO3Si. The van der Waals surface area contributed by atoms with Crippen LogP contribution in [0.15, 0.2) is 22.2 Å². The van der Waals surface area contributed by atoms with Crippen LogP contribution in [0.4, 0.5) is 0 Å². The highest BCUT2D eigenvalue weighted by Gasteiger charge is 2.43. The van der Waals surface area contributed by atoms with Gasteiger partial charge in [0.2, 0.25) is 6.29 Å². The largest absolute Gasteiger partial charge is 0.428 e. The van der Waals surface area contributed by atoms with Crippen LogP contribution in [-0.4, -0.2) is 20.6 Å². The minimum absolute atomic E-state index is 0.0761. The van der Waals surface area contributed by atoms with Gasteiger partial charge in [0.05, 0.1) is 0 Å². The maximum absolute atomic E-state index is 11.7. The van der Waals surface area contributed by atoms with Crippen molar-refractivity contribution in [2.75, 3.05) is 0 Å². The van der Waals surface area contributed by atoms with Crippen LogP contribution in [0.2, 0.25) is 18.1 Å². The normalized spacial score (nSPS) is 20.9. The van der Waals surface area contributed by atoms with Crippen LogP contribution in [0.1, 0.15) is 40.5 Å². The summed E-state index contributed by atoms with van der Waals surface area (Å²) in [6, 6.07) is 0. The van der Waals surface area contributed by atoms with Crippen molar-refractivity contribution in [3.63, 3.8) is 0 Å². The zero-order valence-corrected chi connectivity index (χ0v) is 15.8. The maximum Gasteiger partial charge on any atom is 0.348 e. The van der Waals surface area contributed by atoms with E-state index in [1.165, 1.54) is 0 Å². The first-order valence-electron chi connectivity index (χ1n) is 7.05. The molecule has 1 unspecified atom stereocenters. The van der Waals surface area contributed by atoms with Gasteiger partial charge in [0.25, 0.3) is 0 Å². The van der Waals surface area contributed by atoms with Gasteiger partial charge in [-0.2, -0.15) is 0 Å². The van der Waals surface area contributed by atoms with E-state index >= 15 is 0 Å². The molecule has 0 aromatic heterocycles. The molecule has 0 amide bonds. The van der Waals surface area contributed by atoms with Crippen LogP contribution in [0, 0.1) is 0 Å². The number of rotatable bonds is 5.